The molecule has 2 heterocycles. The lowest BCUT2D eigenvalue weighted by molar-refractivity contribution is -0.132. The second kappa shape index (κ2) is 8.90. The van der Waals surface area contributed by atoms with E-state index >= 15 is 0 Å². The number of nitrogens with one attached hydrogen (secondary N) is 1. The highest BCUT2D eigenvalue weighted by molar-refractivity contribution is 6.39. The molecule has 1 saturated heterocycles. The Morgan fingerprint density at radius 1 is 0.931 bits per heavy atom. The average Bonchev–Trinajstić information content (AvgIpc) is 3.30. The van der Waals surface area contributed by atoms with Crippen LogP contribution in [0.3, 0.4) is 0 Å². The summed E-state index contributed by atoms with van der Waals surface area (Å²) in [4.78, 5) is 27.1. The molecule has 6 heteroatoms. The fourth-order valence-corrected chi connectivity index (χ4v) is 3.73. The Kier molecular flexibility index (Phi) is 5.89. The largest absolute Gasteiger partial charge is 0.372 e. The van der Waals surface area contributed by atoms with Gasteiger partial charge in [0, 0.05) is 38.2 Å². The molecule has 2 amide bonds. The zero-order valence-corrected chi connectivity index (χ0v) is 16.5. The molecule has 4 rings (SSSR count). The number of hydrogen-bond acceptors (Lipinski definition) is 4. The van der Waals surface area contributed by atoms with Crippen molar-refractivity contribution in [3.8, 4) is 0 Å². The lowest BCUT2D eigenvalue weighted by Crippen LogP contribution is -2.38. The average molecular weight is 390 g/mol. The predicted octanol–water partition coefficient (Wildman–Crippen LogP) is 3.08. The summed E-state index contributed by atoms with van der Waals surface area (Å²) in [5.74, 6) is -0.262. The zero-order chi connectivity index (χ0) is 20.1. The summed E-state index contributed by atoms with van der Waals surface area (Å²) in [6.07, 6.45) is 3.20. The molecule has 150 valence electrons. The van der Waals surface area contributed by atoms with E-state index in [-0.39, 0.29) is 11.8 Å². The molecule has 6 nitrogen and oxygen atoms in total. The molecule has 29 heavy (non-hydrogen) atoms. The van der Waals surface area contributed by atoms with Crippen molar-refractivity contribution in [2.24, 2.45) is 5.10 Å². The minimum atomic E-state index is -0.209. The zero-order valence-electron chi connectivity index (χ0n) is 16.5. The van der Waals surface area contributed by atoms with Crippen molar-refractivity contribution in [2.45, 2.75) is 38.8 Å². The van der Waals surface area contributed by atoms with E-state index in [1.165, 1.54) is 23.5 Å². The van der Waals surface area contributed by atoms with Gasteiger partial charge in [-0.15, -0.1) is 0 Å². The molecule has 1 N–H and O–H groups in total. The number of hydrazone groups is 1. The molecule has 2 aromatic carbocycles. The van der Waals surface area contributed by atoms with Crippen LogP contribution in [0.25, 0.3) is 0 Å². The fraction of sp³-hybridized carbons (Fsp3) is 0.348. The number of carbonyl (C=O) groups is 2. The van der Waals surface area contributed by atoms with E-state index in [1.807, 2.05) is 30.3 Å². The van der Waals surface area contributed by atoms with E-state index in [4.69, 9.17) is 0 Å². The Balaban J connectivity index is 1.34. The second-order valence-electron chi connectivity index (χ2n) is 7.53. The lowest BCUT2D eigenvalue weighted by Gasteiger charge is -2.23. The minimum Gasteiger partial charge on any atom is -0.372 e. The van der Waals surface area contributed by atoms with Crippen LogP contribution in [-0.4, -0.2) is 35.6 Å². The molecular formula is C23H26N4O2. The van der Waals surface area contributed by atoms with E-state index in [0.717, 1.165) is 24.2 Å². The van der Waals surface area contributed by atoms with Gasteiger partial charge in [-0.1, -0.05) is 42.5 Å². The number of amides is 2. The smallest absolute Gasteiger partial charge is 0.267 e. The van der Waals surface area contributed by atoms with Crippen molar-refractivity contribution in [3.05, 3.63) is 65.7 Å². The molecule has 2 aliphatic heterocycles. The van der Waals surface area contributed by atoms with Gasteiger partial charge in [0.1, 0.15) is 5.71 Å². The Morgan fingerprint density at radius 2 is 1.66 bits per heavy atom. The number of nitrogens with zero attached hydrogens (tertiary/aromatic N) is 3. The maximum atomic E-state index is 12.6. The van der Waals surface area contributed by atoms with Crippen LogP contribution >= 0.6 is 0 Å². The highest BCUT2D eigenvalue weighted by Gasteiger charge is 2.24. The van der Waals surface area contributed by atoms with Gasteiger partial charge in [0.05, 0.1) is 6.54 Å². The van der Waals surface area contributed by atoms with Gasteiger partial charge in [-0.25, -0.2) is 5.01 Å². The normalized spacial score (nSPS) is 16.7. The van der Waals surface area contributed by atoms with Crippen LogP contribution in [0.5, 0.6) is 0 Å². The second-order valence-corrected chi connectivity index (χ2v) is 7.53. The molecule has 0 unspecified atom stereocenters. The number of anilines is 1. The third-order valence-corrected chi connectivity index (χ3v) is 5.40. The van der Waals surface area contributed by atoms with Crippen LogP contribution in [0.15, 0.2) is 59.7 Å². The maximum absolute atomic E-state index is 12.6. The molecule has 2 aliphatic rings. The summed E-state index contributed by atoms with van der Waals surface area (Å²) in [6, 6.07) is 18.0. The quantitative estimate of drug-likeness (QED) is 0.824. The summed E-state index contributed by atoms with van der Waals surface area (Å²) < 4.78 is 0. The van der Waals surface area contributed by atoms with Crippen molar-refractivity contribution >= 4 is 23.2 Å². The first-order valence-electron chi connectivity index (χ1n) is 10.2. The monoisotopic (exact) mass is 390 g/mol. The summed E-state index contributed by atoms with van der Waals surface area (Å²) in [5, 5.41) is 8.66. The van der Waals surface area contributed by atoms with Gasteiger partial charge in [0.2, 0.25) is 5.91 Å². The van der Waals surface area contributed by atoms with Crippen LogP contribution in [0.2, 0.25) is 0 Å². The minimum absolute atomic E-state index is 0.0529. The maximum Gasteiger partial charge on any atom is 0.267 e. The van der Waals surface area contributed by atoms with Crippen molar-refractivity contribution in [2.75, 3.05) is 18.0 Å². The molecule has 0 spiro atoms. The highest BCUT2D eigenvalue weighted by Crippen LogP contribution is 2.20. The first-order chi connectivity index (χ1) is 14.2. The fourth-order valence-electron chi connectivity index (χ4n) is 3.73. The van der Waals surface area contributed by atoms with Gasteiger partial charge < -0.3 is 10.2 Å². The molecule has 0 aliphatic carbocycles. The summed E-state index contributed by atoms with van der Waals surface area (Å²) >= 11 is 0. The van der Waals surface area contributed by atoms with E-state index in [0.29, 0.717) is 31.6 Å². The Labute approximate surface area is 171 Å². The van der Waals surface area contributed by atoms with E-state index in [1.54, 1.807) is 0 Å². The Hall–Kier alpha value is -3.15. The van der Waals surface area contributed by atoms with Crippen LogP contribution < -0.4 is 10.2 Å². The van der Waals surface area contributed by atoms with Crippen LogP contribution in [0.4, 0.5) is 5.69 Å². The predicted molar refractivity (Wildman–Crippen MR) is 113 cm³/mol. The summed E-state index contributed by atoms with van der Waals surface area (Å²) in [6.45, 7) is 3.07. The first kappa shape index (κ1) is 19.2. The van der Waals surface area contributed by atoms with Gasteiger partial charge >= 0.3 is 0 Å². The van der Waals surface area contributed by atoms with Gasteiger partial charge in [0.15, 0.2) is 0 Å². The van der Waals surface area contributed by atoms with E-state index < -0.39 is 0 Å². The SMILES string of the molecule is O=C(NCc1ccc(N2CCCC2)cc1)C1=NN(Cc2ccccc2)C(=O)CC1. The molecular weight excluding hydrogens is 364 g/mol. The molecule has 0 saturated carbocycles. The molecule has 2 aromatic rings. The Bertz CT molecular complexity index is 887. The Morgan fingerprint density at radius 3 is 2.38 bits per heavy atom. The molecule has 1 fully saturated rings. The van der Waals surface area contributed by atoms with Crippen molar-refractivity contribution in [1.29, 1.82) is 0 Å². The number of hydrogen-bond donors (Lipinski definition) is 1. The highest BCUT2D eigenvalue weighted by atomic mass is 16.2. The standard InChI is InChI=1S/C23H26N4O2/c28-22-13-12-21(25-27(22)17-19-6-2-1-3-7-19)23(29)24-16-18-8-10-20(11-9-18)26-14-4-5-15-26/h1-3,6-11H,4-5,12-17H2,(H,24,29). The van der Waals surface area contributed by atoms with Crippen LogP contribution in [-0.2, 0) is 22.7 Å². The third-order valence-electron chi connectivity index (χ3n) is 5.40. The number of benzene rings is 2. The topological polar surface area (TPSA) is 65.0 Å². The van der Waals surface area contributed by atoms with Crippen molar-refractivity contribution in [1.82, 2.24) is 10.3 Å². The van der Waals surface area contributed by atoms with Crippen LogP contribution in [0, 0.1) is 0 Å². The first-order valence-corrected chi connectivity index (χ1v) is 10.2. The van der Waals surface area contributed by atoms with E-state index in [9.17, 15) is 9.59 Å². The molecule has 0 radical (unpaired) electrons. The van der Waals surface area contributed by atoms with Crippen LogP contribution in [0.1, 0.15) is 36.8 Å². The molecule has 0 atom stereocenters. The summed E-state index contributed by atoms with van der Waals surface area (Å²) in [7, 11) is 0. The number of carbonyl (C=O) groups excluding carboxylic acids is 2. The third kappa shape index (κ3) is 4.83. The molecule has 0 aromatic heterocycles. The lowest BCUT2D eigenvalue weighted by atomic mass is 10.1. The van der Waals surface area contributed by atoms with Gasteiger partial charge in [0.25, 0.3) is 5.91 Å². The van der Waals surface area contributed by atoms with E-state index in [2.05, 4.69) is 39.6 Å². The van der Waals surface area contributed by atoms with Gasteiger partial charge in [-0.05, 0) is 36.1 Å². The van der Waals surface area contributed by atoms with Gasteiger partial charge in [-0.3, -0.25) is 9.59 Å². The van der Waals surface area contributed by atoms with Crippen molar-refractivity contribution < 1.29 is 9.59 Å². The molecule has 0 bridgehead atoms. The van der Waals surface area contributed by atoms with Crippen molar-refractivity contribution in [3.63, 3.8) is 0 Å². The summed E-state index contributed by atoms with van der Waals surface area (Å²) in [5.41, 5.74) is 3.69. The van der Waals surface area contributed by atoms with Gasteiger partial charge in [-0.2, -0.15) is 5.10 Å². The number of rotatable bonds is 6.